The van der Waals surface area contributed by atoms with Crippen molar-refractivity contribution in [2.24, 2.45) is 0 Å². The first-order valence-corrected chi connectivity index (χ1v) is 7.91. The standard InChI is InChI=1S/C18H26N2O2/c1-13-5-7-14(8-6-13)9-10-16(21)19-15-11-17(22)20(12-15)18(2,3)4/h5-8,15H,9-12H2,1-4H3,(H,19,21). The van der Waals surface area contributed by atoms with Crippen LogP contribution in [0, 0.1) is 6.92 Å². The maximum absolute atomic E-state index is 12.1. The van der Waals surface area contributed by atoms with Gasteiger partial charge in [-0.2, -0.15) is 0 Å². The summed E-state index contributed by atoms with van der Waals surface area (Å²) in [4.78, 5) is 25.9. The van der Waals surface area contributed by atoms with Gasteiger partial charge in [0.25, 0.3) is 0 Å². The Morgan fingerprint density at radius 1 is 1.27 bits per heavy atom. The number of nitrogens with zero attached hydrogens (tertiary/aromatic N) is 1. The summed E-state index contributed by atoms with van der Waals surface area (Å²) in [7, 11) is 0. The molecule has 1 heterocycles. The van der Waals surface area contributed by atoms with Crippen molar-refractivity contribution in [1.29, 1.82) is 0 Å². The number of nitrogens with one attached hydrogen (secondary N) is 1. The monoisotopic (exact) mass is 302 g/mol. The predicted molar refractivity (Wildman–Crippen MR) is 87.5 cm³/mol. The number of amides is 2. The Bertz CT molecular complexity index is 543. The maximum atomic E-state index is 12.1. The fourth-order valence-corrected chi connectivity index (χ4v) is 2.76. The van der Waals surface area contributed by atoms with Gasteiger partial charge >= 0.3 is 0 Å². The summed E-state index contributed by atoms with van der Waals surface area (Å²) >= 11 is 0. The van der Waals surface area contributed by atoms with E-state index in [0.717, 1.165) is 6.42 Å². The molecule has 4 heteroatoms. The minimum Gasteiger partial charge on any atom is -0.351 e. The molecule has 1 fully saturated rings. The van der Waals surface area contributed by atoms with Crippen LogP contribution in [0.1, 0.15) is 44.7 Å². The summed E-state index contributed by atoms with van der Waals surface area (Å²) in [6.45, 7) is 8.72. The third-order valence-electron chi connectivity index (χ3n) is 4.06. The topological polar surface area (TPSA) is 49.4 Å². The molecule has 0 aromatic heterocycles. The number of rotatable bonds is 4. The summed E-state index contributed by atoms with van der Waals surface area (Å²) in [6.07, 6.45) is 1.60. The van der Waals surface area contributed by atoms with E-state index in [9.17, 15) is 9.59 Å². The van der Waals surface area contributed by atoms with Gasteiger partial charge in [0.2, 0.25) is 11.8 Å². The third kappa shape index (κ3) is 4.33. The maximum Gasteiger partial charge on any atom is 0.225 e. The summed E-state index contributed by atoms with van der Waals surface area (Å²) in [5.74, 6) is 0.144. The third-order valence-corrected chi connectivity index (χ3v) is 4.06. The average Bonchev–Trinajstić information content (AvgIpc) is 2.79. The highest BCUT2D eigenvalue weighted by Crippen LogP contribution is 2.21. The van der Waals surface area contributed by atoms with Gasteiger partial charge in [-0.05, 0) is 39.7 Å². The number of hydrogen-bond acceptors (Lipinski definition) is 2. The Labute approximate surface area is 132 Å². The van der Waals surface area contributed by atoms with Crippen LogP contribution in [-0.4, -0.2) is 34.8 Å². The zero-order chi connectivity index (χ0) is 16.3. The molecule has 120 valence electrons. The van der Waals surface area contributed by atoms with Crippen molar-refractivity contribution in [2.75, 3.05) is 6.54 Å². The van der Waals surface area contributed by atoms with E-state index in [1.54, 1.807) is 0 Å². The first-order valence-electron chi connectivity index (χ1n) is 7.91. The zero-order valence-corrected chi connectivity index (χ0v) is 14.0. The fourth-order valence-electron chi connectivity index (χ4n) is 2.76. The smallest absolute Gasteiger partial charge is 0.225 e. The molecular weight excluding hydrogens is 276 g/mol. The van der Waals surface area contributed by atoms with Crippen LogP contribution in [0.2, 0.25) is 0 Å². The zero-order valence-electron chi connectivity index (χ0n) is 14.0. The van der Waals surface area contributed by atoms with Gasteiger partial charge in [0.15, 0.2) is 0 Å². The highest BCUT2D eigenvalue weighted by molar-refractivity contribution is 5.82. The van der Waals surface area contributed by atoms with Crippen LogP contribution in [0.3, 0.4) is 0 Å². The van der Waals surface area contributed by atoms with Crippen molar-refractivity contribution in [3.8, 4) is 0 Å². The quantitative estimate of drug-likeness (QED) is 0.928. The molecular formula is C18H26N2O2. The van der Waals surface area contributed by atoms with Crippen molar-refractivity contribution >= 4 is 11.8 Å². The molecule has 1 aromatic carbocycles. The van der Waals surface area contributed by atoms with Gasteiger partial charge in [-0.3, -0.25) is 9.59 Å². The molecule has 1 atom stereocenters. The first kappa shape index (κ1) is 16.5. The molecule has 1 aliphatic heterocycles. The van der Waals surface area contributed by atoms with Crippen LogP contribution in [-0.2, 0) is 16.0 Å². The molecule has 0 radical (unpaired) electrons. The number of aryl methyl sites for hydroxylation is 2. The molecule has 2 amide bonds. The number of hydrogen-bond donors (Lipinski definition) is 1. The molecule has 1 aliphatic rings. The molecule has 2 rings (SSSR count). The lowest BCUT2D eigenvalue weighted by atomic mass is 10.1. The summed E-state index contributed by atoms with van der Waals surface area (Å²) < 4.78 is 0. The van der Waals surface area contributed by atoms with Crippen LogP contribution >= 0.6 is 0 Å². The molecule has 4 nitrogen and oxygen atoms in total. The van der Waals surface area contributed by atoms with E-state index in [2.05, 4.69) is 36.5 Å². The second kappa shape index (κ2) is 6.51. The number of likely N-dealkylation sites (tertiary alicyclic amines) is 1. The Hall–Kier alpha value is -1.84. The highest BCUT2D eigenvalue weighted by atomic mass is 16.2. The van der Waals surface area contributed by atoms with Crippen molar-refractivity contribution in [2.45, 2.75) is 58.5 Å². The lowest BCUT2D eigenvalue weighted by Gasteiger charge is -2.32. The average molecular weight is 302 g/mol. The lowest BCUT2D eigenvalue weighted by Crippen LogP contribution is -2.44. The SMILES string of the molecule is Cc1ccc(CCC(=O)NC2CC(=O)N(C(C)(C)C)C2)cc1. The van der Waals surface area contributed by atoms with E-state index in [-0.39, 0.29) is 23.4 Å². The van der Waals surface area contributed by atoms with Crippen LogP contribution in [0.5, 0.6) is 0 Å². The van der Waals surface area contributed by atoms with Crippen LogP contribution in [0.4, 0.5) is 0 Å². The minimum absolute atomic E-state index is 0.0223. The van der Waals surface area contributed by atoms with Gasteiger partial charge in [-0.15, -0.1) is 0 Å². The highest BCUT2D eigenvalue weighted by Gasteiger charge is 2.36. The molecule has 1 saturated heterocycles. The van der Waals surface area contributed by atoms with Crippen molar-refractivity contribution in [1.82, 2.24) is 10.2 Å². The number of benzene rings is 1. The van der Waals surface area contributed by atoms with E-state index in [1.807, 2.05) is 25.7 Å². The largest absolute Gasteiger partial charge is 0.351 e. The van der Waals surface area contributed by atoms with Gasteiger partial charge in [0.05, 0.1) is 6.04 Å². The molecule has 0 spiro atoms. The van der Waals surface area contributed by atoms with Crippen molar-refractivity contribution < 1.29 is 9.59 Å². The van der Waals surface area contributed by atoms with E-state index < -0.39 is 0 Å². The Balaban J connectivity index is 1.80. The second-order valence-electron chi connectivity index (χ2n) is 7.13. The molecule has 22 heavy (non-hydrogen) atoms. The van der Waals surface area contributed by atoms with Gasteiger partial charge in [0, 0.05) is 24.9 Å². The van der Waals surface area contributed by atoms with Gasteiger partial charge in [-0.25, -0.2) is 0 Å². The lowest BCUT2D eigenvalue weighted by molar-refractivity contribution is -0.131. The molecule has 1 aromatic rings. The van der Waals surface area contributed by atoms with Crippen molar-refractivity contribution in [3.05, 3.63) is 35.4 Å². The van der Waals surface area contributed by atoms with E-state index in [0.29, 0.717) is 19.4 Å². The van der Waals surface area contributed by atoms with E-state index in [1.165, 1.54) is 11.1 Å². The van der Waals surface area contributed by atoms with E-state index >= 15 is 0 Å². The molecule has 1 N–H and O–H groups in total. The van der Waals surface area contributed by atoms with Crippen molar-refractivity contribution in [3.63, 3.8) is 0 Å². The molecule has 0 bridgehead atoms. The normalized spacial score (nSPS) is 18.6. The fraction of sp³-hybridized carbons (Fsp3) is 0.556. The second-order valence-corrected chi connectivity index (χ2v) is 7.13. The van der Waals surface area contributed by atoms with Crippen LogP contribution in [0.25, 0.3) is 0 Å². The predicted octanol–water partition coefficient (Wildman–Crippen LogP) is 2.44. The van der Waals surface area contributed by atoms with Gasteiger partial charge in [-0.1, -0.05) is 29.8 Å². The van der Waals surface area contributed by atoms with Crippen LogP contribution in [0.15, 0.2) is 24.3 Å². The molecule has 0 saturated carbocycles. The van der Waals surface area contributed by atoms with E-state index in [4.69, 9.17) is 0 Å². The Morgan fingerprint density at radius 3 is 2.45 bits per heavy atom. The van der Waals surface area contributed by atoms with Crippen LogP contribution < -0.4 is 5.32 Å². The molecule has 0 aliphatic carbocycles. The Kier molecular flexibility index (Phi) is 4.89. The summed E-state index contributed by atoms with van der Waals surface area (Å²) in [5.41, 5.74) is 2.21. The minimum atomic E-state index is -0.182. The van der Waals surface area contributed by atoms with Gasteiger partial charge in [0.1, 0.15) is 0 Å². The number of carbonyl (C=O) groups is 2. The molecule has 1 unspecified atom stereocenters. The number of carbonyl (C=O) groups excluding carboxylic acids is 2. The first-order chi connectivity index (χ1) is 10.3. The summed E-state index contributed by atoms with van der Waals surface area (Å²) in [5, 5.41) is 2.99. The summed E-state index contributed by atoms with van der Waals surface area (Å²) in [6, 6.07) is 8.18. The van der Waals surface area contributed by atoms with Gasteiger partial charge < -0.3 is 10.2 Å². The Morgan fingerprint density at radius 2 is 1.91 bits per heavy atom.